The van der Waals surface area contributed by atoms with Crippen molar-refractivity contribution in [3.63, 3.8) is 0 Å². The summed E-state index contributed by atoms with van der Waals surface area (Å²) in [5.41, 5.74) is 1.25. The van der Waals surface area contributed by atoms with Crippen LogP contribution in [-0.4, -0.2) is 23.0 Å². The lowest BCUT2D eigenvalue weighted by molar-refractivity contribution is -0.158. The van der Waals surface area contributed by atoms with E-state index in [4.69, 9.17) is 44.6 Å². The van der Waals surface area contributed by atoms with Gasteiger partial charge in [-0.1, -0.05) is 64.6 Å². The molecule has 0 aliphatic heterocycles. The summed E-state index contributed by atoms with van der Waals surface area (Å²) >= 11 is 17.8. The second-order valence-electron chi connectivity index (χ2n) is 5.12. The number of aliphatic carboxylic acids is 1. The van der Waals surface area contributed by atoms with Crippen molar-refractivity contribution in [3.8, 4) is 5.75 Å². The first-order valence-electron chi connectivity index (χ1n) is 7.06. The van der Waals surface area contributed by atoms with Crippen LogP contribution in [0.2, 0.25) is 15.1 Å². The van der Waals surface area contributed by atoms with Gasteiger partial charge >= 0.3 is 17.9 Å². The molecule has 0 aliphatic carbocycles. The first-order chi connectivity index (χ1) is 12.2. The van der Waals surface area contributed by atoms with Crippen LogP contribution in [0.5, 0.6) is 5.75 Å². The standard InChI is InChI=1S/C17H11Cl3O6/c1-8-3-2-4-9(5-8)7-25-16(23)12-13(20)10(18)6-11(19)14(12)26-17(24)15(21)22/h2-6H,7H2,1H3,(H,21,22). The van der Waals surface area contributed by atoms with E-state index in [0.717, 1.165) is 11.6 Å². The van der Waals surface area contributed by atoms with E-state index in [2.05, 4.69) is 4.74 Å². The first-order valence-corrected chi connectivity index (χ1v) is 8.19. The van der Waals surface area contributed by atoms with Crippen LogP contribution in [0.1, 0.15) is 21.5 Å². The van der Waals surface area contributed by atoms with E-state index in [-0.39, 0.29) is 21.7 Å². The minimum Gasteiger partial charge on any atom is -0.473 e. The SMILES string of the molecule is Cc1cccc(COC(=O)c2c(Cl)c(Cl)cc(Cl)c2OC(=O)C(=O)O)c1. The van der Waals surface area contributed by atoms with Crippen LogP contribution in [0.4, 0.5) is 0 Å². The molecule has 0 heterocycles. The lowest BCUT2D eigenvalue weighted by atomic mass is 10.1. The van der Waals surface area contributed by atoms with Gasteiger partial charge in [-0.2, -0.15) is 0 Å². The molecular weight excluding hydrogens is 407 g/mol. The van der Waals surface area contributed by atoms with Crippen molar-refractivity contribution in [2.24, 2.45) is 0 Å². The smallest absolute Gasteiger partial charge is 0.422 e. The Morgan fingerprint density at radius 2 is 1.77 bits per heavy atom. The number of carboxylic acid groups (broad SMARTS) is 1. The van der Waals surface area contributed by atoms with E-state index >= 15 is 0 Å². The molecule has 2 aromatic rings. The van der Waals surface area contributed by atoms with Gasteiger partial charge in [-0.05, 0) is 18.6 Å². The average molecular weight is 418 g/mol. The highest BCUT2D eigenvalue weighted by atomic mass is 35.5. The number of esters is 2. The largest absolute Gasteiger partial charge is 0.473 e. The van der Waals surface area contributed by atoms with Gasteiger partial charge in [-0.3, -0.25) is 0 Å². The van der Waals surface area contributed by atoms with E-state index in [9.17, 15) is 14.4 Å². The summed E-state index contributed by atoms with van der Waals surface area (Å²) < 4.78 is 9.81. The van der Waals surface area contributed by atoms with E-state index in [0.29, 0.717) is 5.56 Å². The summed E-state index contributed by atoms with van der Waals surface area (Å²) in [6.45, 7) is 1.79. The van der Waals surface area contributed by atoms with Gasteiger partial charge in [-0.15, -0.1) is 0 Å². The second-order valence-corrected chi connectivity index (χ2v) is 6.31. The van der Waals surface area contributed by atoms with E-state index in [1.54, 1.807) is 12.1 Å². The van der Waals surface area contributed by atoms with Crippen molar-refractivity contribution in [2.45, 2.75) is 13.5 Å². The van der Waals surface area contributed by atoms with Gasteiger partial charge in [0.25, 0.3) is 0 Å². The lowest BCUT2D eigenvalue weighted by Gasteiger charge is -2.13. The number of carboxylic acids is 1. The molecule has 0 atom stereocenters. The van der Waals surface area contributed by atoms with Crippen molar-refractivity contribution in [2.75, 3.05) is 0 Å². The van der Waals surface area contributed by atoms with Gasteiger partial charge in [0.05, 0.1) is 15.1 Å². The Morgan fingerprint density at radius 1 is 1.08 bits per heavy atom. The summed E-state index contributed by atoms with van der Waals surface area (Å²) in [5, 5.41) is 8.04. The van der Waals surface area contributed by atoms with Gasteiger partial charge in [0.2, 0.25) is 0 Å². The van der Waals surface area contributed by atoms with Gasteiger partial charge in [0.1, 0.15) is 12.2 Å². The van der Waals surface area contributed by atoms with Gasteiger partial charge in [-0.25, -0.2) is 14.4 Å². The summed E-state index contributed by atoms with van der Waals surface area (Å²) in [6.07, 6.45) is 0. The minimum atomic E-state index is -1.87. The zero-order chi connectivity index (χ0) is 19.4. The van der Waals surface area contributed by atoms with Crippen LogP contribution in [0.25, 0.3) is 0 Å². The third-order valence-corrected chi connectivity index (χ3v) is 4.22. The quantitative estimate of drug-likeness (QED) is 0.345. The topological polar surface area (TPSA) is 89.9 Å². The number of carbonyl (C=O) groups is 3. The van der Waals surface area contributed by atoms with Crippen LogP contribution in [-0.2, 0) is 20.9 Å². The Morgan fingerprint density at radius 3 is 2.38 bits per heavy atom. The van der Waals surface area contributed by atoms with Crippen LogP contribution in [0.3, 0.4) is 0 Å². The molecule has 2 rings (SSSR count). The normalized spacial score (nSPS) is 10.3. The molecular formula is C17H11Cl3O6. The first kappa shape index (κ1) is 20.0. The Kier molecular flexibility index (Phi) is 6.47. The molecule has 0 saturated heterocycles. The maximum absolute atomic E-state index is 12.4. The Labute approximate surface area is 163 Å². The molecule has 136 valence electrons. The average Bonchev–Trinajstić information content (AvgIpc) is 2.57. The number of benzene rings is 2. The molecule has 9 heteroatoms. The fraction of sp³-hybridized carbons (Fsp3) is 0.118. The van der Waals surface area contributed by atoms with Crippen molar-refractivity contribution in [1.29, 1.82) is 0 Å². The number of hydrogen-bond donors (Lipinski definition) is 1. The molecule has 0 aliphatic rings. The van der Waals surface area contributed by atoms with Crippen LogP contribution >= 0.6 is 34.8 Å². The van der Waals surface area contributed by atoms with Crippen molar-refractivity contribution in [1.82, 2.24) is 0 Å². The van der Waals surface area contributed by atoms with E-state index in [1.807, 2.05) is 19.1 Å². The summed E-state index contributed by atoms with van der Waals surface area (Å²) in [4.78, 5) is 34.5. The van der Waals surface area contributed by atoms with Gasteiger partial charge in [0.15, 0.2) is 5.75 Å². The number of halogens is 3. The Hall–Kier alpha value is -2.28. The minimum absolute atomic E-state index is 0.0886. The maximum atomic E-state index is 12.4. The van der Waals surface area contributed by atoms with Crippen LogP contribution in [0.15, 0.2) is 30.3 Å². The molecule has 0 bridgehead atoms. The molecule has 6 nitrogen and oxygen atoms in total. The molecule has 26 heavy (non-hydrogen) atoms. The van der Waals surface area contributed by atoms with Crippen molar-refractivity contribution in [3.05, 3.63) is 62.1 Å². The number of rotatable bonds is 4. The van der Waals surface area contributed by atoms with E-state index < -0.39 is 29.2 Å². The fourth-order valence-corrected chi connectivity index (χ4v) is 2.74. The number of hydrogen-bond acceptors (Lipinski definition) is 5. The summed E-state index contributed by atoms with van der Waals surface area (Å²) in [7, 11) is 0. The third-order valence-electron chi connectivity index (χ3n) is 3.15. The van der Waals surface area contributed by atoms with Gasteiger partial charge in [0, 0.05) is 0 Å². The molecule has 1 N–H and O–H groups in total. The highest BCUT2D eigenvalue weighted by molar-refractivity contribution is 6.46. The Bertz CT molecular complexity index is 894. The maximum Gasteiger partial charge on any atom is 0.422 e. The second kappa shape index (κ2) is 8.40. The monoisotopic (exact) mass is 416 g/mol. The molecule has 0 radical (unpaired) electrons. The third kappa shape index (κ3) is 4.66. The Balaban J connectivity index is 2.34. The molecule has 0 aromatic heterocycles. The highest BCUT2D eigenvalue weighted by Crippen LogP contribution is 2.40. The summed E-state index contributed by atoms with van der Waals surface area (Å²) in [5.74, 6) is -5.03. The predicted molar refractivity (Wildman–Crippen MR) is 95.0 cm³/mol. The van der Waals surface area contributed by atoms with E-state index in [1.165, 1.54) is 0 Å². The zero-order valence-corrected chi connectivity index (χ0v) is 15.5. The predicted octanol–water partition coefficient (Wildman–Crippen LogP) is 4.30. The molecule has 0 amide bonds. The molecule has 0 fully saturated rings. The zero-order valence-electron chi connectivity index (χ0n) is 13.2. The molecule has 0 spiro atoms. The van der Waals surface area contributed by atoms with Crippen molar-refractivity contribution < 1.29 is 29.0 Å². The molecule has 0 unspecified atom stereocenters. The summed E-state index contributed by atoms with van der Waals surface area (Å²) in [6, 6.07) is 8.35. The highest BCUT2D eigenvalue weighted by Gasteiger charge is 2.27. The van der Waals surface area contributed by atoms with Crippen LogP contribution < -0.4 is 4.74 Å². The fourth-order valence-electron chi connectivity index (χ4n) is 2.02. The number of ether oxygens (including phenoxy) is 2. The lowest BCUT2D eigenvalue weighted by Crippen LogP contribution is -2.21. The van der Waals surface area contributed by atoms with Crippen LogP contribution in [0, 0.1) is 6.92 Å². The van der Waals surface area contributed by atoms with Gasteiger partial charge < -0.3 is 14.6 Å². The molecule has 0 saturated carbocycles. The number of aryl methyl sites for hydroxylation is 1. The number of carbonyl (C=O) groups excluding carboxylic acids is 2. The van der Waals surface area contributed by atoms with Crippen molar-refractivity contribution >= 4 is 52.7 Å². The molecule has 2 aromatic carbocycles.